The lowest BCUT2D eigenvalue weighted by Gasteiger charge is -2.43. The Bertz CT molecular complexity index is 1620. The Morgan fingerprint density at radius 1 is 0.891 bits per heavy atom. The van der Waals surface area contributed by atoms with Crippen LogP contribution in [0, 0.1) is 17.6 Å². The number of cyclic esters (lactones) is 1. The van der Waals surface area contributed by atoms with Gasteiger partial charge in [0, 0.05) is 44.2 Å². The molecule has 5 rings (SSSR count). The Balaban J connectivity index is 1.51. The van der Waals surface area contributed by atoms with Crippen LogP contribution < -0.4 is 16.0 Å². The molecule has 5 amide bonds. The maximum Gasteiger partial charge on any atom is 0.408 e. The molecule has 9 atom stereocenters. The lowest BCUT2D eigenvalue weighted by atomic mass is 9.94. The molecule has 4 fully saturated rings. The van der Waals surface area contributed by atoms with E-state index in [-0.39, 0.29) is 41.9 Å². The number of halogens is 2. The van der Waals surface area contributed by atoms with Gasteiger partial charge in [-0.05, 0) is 104 Å². The Labute approximate surface area is 321 Å². The van der Waals surface area contributed by atoms with Crippen LogP contribution in [0.3, 0.4) is 0 Å². The van der Waals surface area contributed by atoms with Gasteiger partial charge in [-0.15, -0.1) is 0 Å². The largest absolute Gasteiger partial charge is 0.458 e. The van der Waals surface area contributed by atoms with E-state index < -0.39 is 83.8 Å². The average Bonchev–Trinajstić information content (AvgIpc) is 3.75. The first-order valence-corrected chi connectivity index (χ1v) is 19.5. The van der Waals surface area contributed by atoms with Gasteiger partial charge in [-0.3, -0.25) is 19.2 Å². The third-order valence-electron chi connectivity index (χ3n) is 10.9. The number of carbonyl (C=O) groups is 6. The molecule has 0 bridgehead atoms. The monoisotopic (exact) mass is 774 g/mol. The number of fused-ring (bicyclic) bond motifs is 3. The maximum atomic E-state index is 14.7. The molecule has 0 saturated carbocycles. The zero-order chi connectivity index (χ0) is 40.4. The summed E-state index contributed by atoms with van der Waals surface area (Å²) in [7, 11) is 0. The number of nitrogens with zero attached hydrogens (tertiary/aromatic N) is 3. The summed E-state index contributed by atoms with van der Waals surface area (Å²) in [4.78, 5) is 88.7. The molecule has 1 unspecified atom stereocenters. The third-order valence-corrected chi connectivity index (χ3v) is 10.9. The minimum Gasteiger partial charge on any atom is -0.458 e. The second-order valence-electron chi connectivity index (χ2n) is 16.6. The molecule has 304 valence electrons. The Hall–Kier alpha value is -4.34. The van der Waals surface area contributed by atoms with E-state index in [9.17, 15) is 37.5 Å². The first-order chi connectivity index (χ1) is 25.8. The number of carbonyl (C=O) groups excluding carboxylic acids is 6. The van der Waals surface area contributed by atoms with Crippen molar-refractivity contribution in [1.29, 1.82) is 0 Å². The number of hydrogen-bond donors (Lipinski definition) is 3. The van der Waals surface area contributed by atoms with Crippen molar-refractivity contribution in [2.24, 2.45) is 5.92 Å². The molecule has 16 heteroatoms. The molecule has 0 aliphatic carbocycles. The maximum absolute atomic E-state index is 14.7. The van der Waals surface area contributed by atoms with E-state index in [1.54, 1.807) is 32.6 Å². The number of amides is 5. The second kappa shape index (κ2) is 17.2. The number of piperidine rings is 1. The van der Waals surface area contributed by atoms with Crippen molar-refractivity contribution < 1.29 is 47.0 Å². The number of benzene rings is 1. The Morgan fingerprint density at radius 3 is 2.24 bits per heavy atom. The van der Waals surface area contributed by atoms with Crippen molar-refractivity contribution in [3.05, 3.63) is 35.4 Å². The standard InChI is InChI=1S/C39H56F2N6O8/c1-21-15-31-37(52)54-24(4)32(44-33(48)28(43-38(53)55-39(5,6)7)18-25-16-26(40)19-27(41)17-25)36(51)46-14-10-12-30(46)35(50)45-13-9-8-11-29(45)22(2)42-23(3)34(49)47(31)20-21/h16-17,19,21-24,28-32,42H,8-15,18,20H2,1-7H3,(H,43,53)(H,44,48)/t21-,22?,23-,24-,28-,29-,30-,31-,32-/m0/s1. The topological polar surface area (TPSA) is 167 Å². The second-order valence-corrected chi connectivity index (χ2v) is 16.6. The summed E-state index contributed by atoms with van der Waals surface area (Å²) in [6.07, 6.45) is 0.895. The molecule has 0 radical (unpaired) electrons. The highest BCUT2D eigenvalue weighted by atomic mass is 19.1. The fraction of sp³-hybridized carbons (Fsp3) is 0.692. The predicted octanol–water partition coefficient (Wildman–Crippen LogP) is 2.81. The molecule has 3 N–H and O–H groups in total. The normalized spacial score (nSPS) is 30.2. The molecule has 1 aromatic rings. The molecule has 0 aromatic heterocycles. The Kier molecular flexibility index (Phi) is 13.1. The van der Waals surface area contributed by atoms with Crippen LogP contribution in [-0.4, -0.2) is 124 Å². The number of esters is 1. The highest BCUT2D eigenvalue weighted by molar-refractivity contribution is 5.95. The van der Waals surface area contributed by atoms with Crippen LogP contribution in [0.15, 0.2) is 18.2 Å². The van der Waals surface area contributed by atoms with Gasteiger partial charge < -0.3 is 40.1 Å². The number of nitrogens with one attached hydrogen (secondary N) is 3. The smallest absolute Gasteiger partial charge is 0.408 e. The van der Waals surface area contributed by atoms with Gasteiger partial charge in [0.15, 0.2) is 0 Å². The highest BCUT2D eigenvalue weighted by Crippen LogP contribution is 2.29. The van der Waals surface area contributed by atoms with Gasteiger partial charge in [-0.25, -0.2) is 18.4 Å². The lowest BCUT2D eigenvalue weighted by molar-refractivity contribution is -0.163. The quantitative estimate of drug-likeness (QED) is 0.382. The number of ether oxygens (including phenoxy) is 2. The van der Waals surface area contributed by atoms with Crippen LogP contribution >= 0.6 is 0 Å². The van der Waals surface area contributed by atoms with Crippen LogP contribution in [-0.2, 0) is 39.9 Å². The van der Waals surface area contributed by atoms with Crippen molar-refractivity contribution in [3.8, 4) is 0 Å². The van der Waals surface area contributed by atoms with Crippen molar-refractivity contribution >= 4 is 35.7 Å². The van der Waals surface area contributed by atoms with Crippen molar-refractivity contribution in [2.45, 2.75) is 147 Å². The van der Waals surface area contributed by atoms with Gasteiger partial charge >= 0.3 is 12.1 Å². The fourth-order valence-electron chi connectivity index (χ4n) is 8.33. The van der Waals surface area contributed by atoms with Gasteiger partial charge in [-0.1, -0.05) is 6.92 Å². The SMILES string of the molecule is CC1N[C@@H](C)C(=O)N2C[C@@H](C)C[C@H]2C(=O)O[C@@H](C)[C@H](NC(=O)[C@H](Cc2cc(F)cc(F)c2)NC(=O)OC(C)(C)C)C(=O)N2CCC[C@H]2C(=O)N2CCCC[C@@H]12. The Morgan fingerprint density at radius 2 is 1.56 bits per heavy atom. The van der Waals surface area contributed by atoms with Crippen LogP contribution in [0.25, 0.3) is 0 Å². The van der Waals surface area contributed by atoms with E-state index in [1.165, 1.54) is 16.7 Å². The van der Waals surface area contributed by atoms with Crippen LogP contribution in [0.5, 0.6) is 0 Å². The molecule has 4 aliphatic rings. The van der Waals surface area contributed by atoms with E-state index in [2.05, 4.69) is 16.0 Å². The zero-order valence-corrected chi connectivity index (χ0v) is 32.9. The molecule has 55 heavy (non-hydrogen) atoms. The van der Waals surface area contributed by atoms with Gasteiger partial charge in [0.1, 0.15) is 47.5 Å². The minimum absolute atomic E-state index is 0.0233. The zero-order valence-electron chi connectivity index (χ0n) is 32.9. The predicted molar refractivity (Wildman–Crippen MR) is 196 cm³/mol. The van der Waals surface area contributed by atoms with Gasteiger partial charge in [0.25, 0.3) is 0 Å². The van der Waals surface area contributed by atoms with E-state index in [0.717, 1.165) is 25.0 Å². The number of rotatable bonds is 5. The summed E-state index contributed by atoms with van der Waals surface area (Å²) in [5.41, 5.74) is -0.919. The van der Waals surface area contributed by atoms with Crippen LogP contribution in [0.4, 0.5) is 13.6 Å². The number of alkyl carbamates (subject to hydrolysis) is 1. The molecular weight excluding hydrogens is 718 g/mol. The summed E-state index contributed by atoms with van der Waals surface area (Å²) >= 11 is 0. The molecule has 4 aliphatic heterocycles. The fourth-order valence-corrected chi connectivity index (χ4v) is 8.33. The first kappa shape index (κ1) is 41.8. The molecule has 4 heterocycles. The molecule has 1 aromatic carbocycles. The van der Waals surface area contributed by atoms with Crippen molar-refractivity contribution in [2.75, 3.05) is 19.6 Å². The first-order valence-electron chi connectivity index (χ1n) is 19.5. The van der Waals surface area contributed by atoms with E-state index >= 15 is 0 Å². The molecular formula is C39H56F2N6O8. The summed E-state index contributed by atoms with van der Waals surface area (Å²) in [5, 5.41) is 8.50. The van der Waals surface area contributed by atoms with E-state index in [4.69, 9.17) is 9.47 Å². The molecule has 14 nitrogen and oxygen atoms in total. The highest BCUT2D eigenvalue weighted by Gasteiger charge is 2.47. The van der Waals surface area contributed by atoms with Gasteiger partial charge in [-0.2, -0.15) is 0 Å². The minimum atomic E-state index is -1.55. The van der Waals surface area contributed by atoms with Gasteiger partial charge in [0.2, 0.25) is 23.6 Å². The average molecular weight is 775 g/mol. The van der Waals surface area contributed by atoms with Gasteiger partial charge in [0.05, 0.1) is 6.04 Å². The van der Waals surface area contributed by atoms with Crippen LogP contribution in [0.1, 0.15) is 92.6 Å². The van der Waals surface area contributed by atoms with Crippen molar-refractivity contribution in [3.63, 3.8) is 0 Å². The summed E-state index contributed by atoms with van der Waals surface area (Å²) in [6, 6.07) is -3.34. The number of hydrogen-bond acceptors (Lipinski definition) is 9. The molecule has 4 saturated heterocycles. The van der Waals surface area contributed by atoms with E-state index in [0.29, 0.717) is 44.8 Å². The summed E-state index contributed by atoms with van der Waals surface area (Å²) in [6.45, 7) is 12.9. The van der Waals surface area contributed by atoms with Crippen LogP contribution in [0.2, 0.25) is 0 Å². The lowest BCUT2D eigenvalue weighted by Crippen LogP contribution is -2.63. The summed E-state index contributed by atoms with van der Waals surface area (Å²) < 4.78 is 39.7. The third kappa shape index (κ3) is 10.1. The van der Waals surface area contributed by atoms with Crippen molar-refractivity contribution in [1.82, 2.24) is 30.7 Å². The summed E-state index contributed by atoms with van der Waals surface area (Å²) in [5.74, 6) is -4.70. The molecule has 0 spiro atoms. The van der Waals surface area contributed by atoms with E-state index in [1.807, 2.05) is 13.8 Å².